The van der Waals surface area contributed by atoms with E-state index in [1.807, 2.05) is 12.1 Å². The van der Waals surface area contributed by atoms with E-state index in [1.165, 1.54) is 18.4 Å². The number of benzene rings is 1. The molecule has 0 amide bonds. The number of aryl methyl sites for hydroxylation is 1. The third-order valence-electron chi connectivity index (χ3n) is 4.92. The monoisotopic (exact) mass is 363 g/mol. The number of unbranched alkanes of at least 4 members (excludes halogenated alkanes) is 1. The molecular weight excluding hydrogens is 338 g/mol. The van der Waals surface area contributed by atoms with Crippen molar-refractivity contribution in [3.8, 4) is 11.4 Å². The lowest BCUT2D eigenvalue weighted by molar-refractivity contribution is 0.359. The zero-order valence-electron chi connectivity index (χ0n) is 15.6. The lowest BCUT2D eigenvalue weighted by atomic mass is 10.1. The summed E-state index contributed by atoms with van der Waals surface area (Å²) >= 11 is 0. The maximum absolute atomic E-state index is 5.42. The first-order valence-corrected chi connectivity index (χ1v) is 9.68. The third kappa shape index (κ3) is 4.34. The number of nitrogens with one attached hydrogen (secondary N) is 2. The van der Waals surface area contributed by atoms with E-state index in [2.05, 4.69) is 56.9 Å². The zero-order chi connectivity index (χ0) is 18.5. The van der Waals surface area contributed by atoms with Crippen molar-refractivity contribution in [3.05, 3.63) is 54.0 Å². The predicted octanol–water partition coefficient (Wildman–Crippen LogP) is 4.29. The molecule has 0 saturated carbocycles. The number of nitrogens with zero attached hydrogens (tertiary/aromatic N) is 3. The van der Waals surface area contributed by atoms with Crippen LogP contribution in [-0.2, 0) is 6.42 Å². The average molecular weight is 363 g/mol. The summed E-state index contributed by atoms with van der Waals surface area (Å²) in [5.74, 6) is 2.42. The van der Waals surface area contributed by atoms with E-state index >= 15 is 0 Å². The van der Waals surface area contributed by atoms with Gasteiger partial charge in [-0.15, -0.1) is 0 Å². The summed E-state index contributed by atoms with van der Waals surface area (Å²) in [6, 6.07) is 12.4. The normalized spacial score (nSPS) is 16.6. The highest BCUT2D eigenvalue weighted by atomic mass is 16.5. The van der Waals surface area contributed by atoms with Crippen LogP contribution in [0.4, 0.5) is 11.5 Å². The van der Waals surface area contributed by atoms with E-state index in [0.29, 0.717) is 17.6 Å². The van der Waals surface area contributed by atoms with Crippen molar-refractivity contribution in [3.63, 3.8) is 0 Å². The molecular formula is C21H25N5O. The summed E-state index contributed by atoms with van der Waals surface area (Å²) in [7, 11) is 0. The summed E-state index contributed by atoms with van der Waals surface area (Å²) < 4.78 is 5.42. The molecule has 2 N–H and O–H groups in total. The molecule has 1 aliphatic heterocycles. The largest absolute Gasteiger partial charge is 0.340 e. The molecule has 1 atom stereocenters. The molecule has 0 bridgehead atoms. The SMILES string of the molecule is CCCCc1ccc(Nc2ccc(-c3noc([C@@H]4CCNC4)n3)cn2)cc1. The molecule has 3 aromatic rings. The van der Waals surface area contributed by atoms with Crippen LogP contribution in [-0.4, -0.2) is 28.2 Å². The van der Waals surface area contributed by atoms with Crippen molar-refractivity contribution in [2.75, 3.05) is 18.4 Å². The molecule has 1 aromatic carbocycles. The third-order valence-corrected chi connectivity index (χ3v) is 4.92. The molecule has 3 heterocycles. The lowest BCUT2D eigenvalue weighted by Gasteiger charge is -2.07. The van der Waals surface area contributed by atoms with Crippen LogP contribution in [0.25, 0.3) is 11.4 Å². The van der Waals surface area contributed by atoms with E-state index in [4.69, 9.17) is 4.52 Å². The van der Waals surface area contributed by atoms with Crippen molar-refractivity contribution in [2.45, 2.75) is 38.5 Å². The average Bonchev–Trinajstić information content (AvgIpc) is 3.40. The Bertz CT molecular complexity index is 851. The van der Waals surface area contributed by atoms with Crippen LogP contribution in [0, 0.1) is 0 Å². The van der Waals surface area contributed by atoms with Gasteiger partial charge in [0.05, 0.1) is 5.92 Å². The Balaban J connectivity index is 1.40. The van der Waals surface area contributed by atoms with Crippen LogP contribution in [0.15, 0.2) is 47.1 Å². The molecule has 0 radical (unpaired) electrons. The maximum Gasteiger partial charge on any atom is 0.231 e. The fraction of sp³-hybridized carbons (Fsp3) is 0.381. The second-order valence-corrected chi connectivity index (χ2v) is 7.00. The van der Waals surface area contributed by atoms with Gasteiger partial charge in [-0.3, -0.25) is 0 Å². The molecule has 27 heavy (non-hydrogen) atoms. The molecule has 0 aliphatic carbocycles. The summed E-state index contributed by atoms with van der Waals surface area (Å²) in [6.07, 6.45) is 6.40. The van der Waals surface area contributed by atoms with E-state index < -0.39 is 0 Å². The van der Waals surface area contributed by atoms with Crippen molar-refractivity contribution in [1.29, 1.82) is 0 Å². The van der Waals surface area contributed by atoms with Crippen LogP contribution in [0.2, 0.25) is 0 Å². The van der Waals surface area contributed by atoms with Crippen molar-refractivity contribution in [2.24, 2.45) is 0 Å². The van der Waals surface area contributed by atoms with Crippen LogP contribution in [0.3, 0.4) is 0 Å². The number of aromatic nitrogens is 3. The predicted molar refractivity (Wildman–Crippen MR) is 106 cm³/mol. The van der Waals surface area contributed by atoms with Crippen molar-refractivity contribution < 1.29 is 4.52 Å². The number of anilines is 2. The van der Waals surface area contributed by atoms with Gasteiger partial charge in [0.2, 0.25) is 11.7 Å². The molecule has 6 heteroatoms. The molecule has 2 aromatic heterocycles. The topological polar surface area (TPSA) is 75.9 Å². The van der Waals surface area contributed by atoms with Crippen LogP contribution >= 0.6 is 0 Å². The fourth-order valence-corrected chi connectivity index (χ4v) is 3.27. The summed E-state index contributed by atoms with van der Waals surface area (Å²) in [4.78, 5) is 9.02. The van der Waals surface area contributed by atoms with E-state index in [9.17, 15) is 0 Å². The summed E-state index contributed by atoms with van der Waals surface area (Å²) in [5.41, 5.74) is 3.26. The number of hydrogen-bond acceptors (Lipinski definition) is 6. The first-order valence-electron chi connectivity index (χ1n) is 9.68. The fourth-order valence-electron chi connectivity index (χ4n) is 3.27. The zero-order valence-corrected chi connectivity index (χ0v) is 15.6. The number of hydrogen-bond donors (Lipinski definition) is 2. The van der Waals surface area contributed by atoms with Gasteiger partial charge in [-0.05, 0) is 55.6 Å². The number of pyridine rings is 1. The Labute approximate surface area is 159 Å². The van der Waals surface area contributed by atoms with Crippen LogP contribution in [0.5, 0.6) is 0 Å². The second-order valence-electron chi connectivity index (χ2n) is 7.00. The van der Waals surface area contributed by atoms with E-state index in [-0.39, 0.29) is 0 Å². The lowest BCUT2D eigenvalue weighted by Crippen LogP contribution is -2.08. The minimum absolute atomic E-state index is 0.320. The second kappa shape index (κ2) is 8.31. The Kier molecular flexibility index (Phi) is 5.44. The Morgan fingerprint density at radius 1 is 1.19 bits per heavy atom. The molecule has 1 fully saturated rings. The van der Waals surface area contributed by atoms with Crippen LogP contribution in [0.1, 0.15) is 43.6 Å². The van der Waals surface area contributed by atoms with Gasteiger partial charge in [0.15, 0.2) is 0 Å². The maximum atomic E-state index is 5.42. The molecule has 6 nitrogen and oxygen atoms in total. The molecule has 1 saturated heterocycles. The van der Waals surface area contributed by atoms with Gasteiger partial charge >= 0.3 is 0 Å². The van der Waals surface area contributed by atoms with Gasteiger partial charge in [0.1, 0.15) is 5.82 Å². The molecule has 1 aliphatic rings. The minimum Gasteiger partial charge on any atom is -0.340 e. The van der Waals surface area contributed by atoms with Gasteiger partial charge < -0.3 is 15.2 Å². The Morgan fingerprint density at radius 2 is 2.07 bits per heavy atom. The Hall–Kier alpha value is -2.73. The minimum atomic E-state index is 0.320. The smallest absolute Gasteiger partial charge is 0.231 e. The van der Waals surface area contributed by atoms with Gasteiger partial charge in [-0.25, -0.2) is 4.98 Å². The standard InChI is InChI=1S/C21H25N5O/c1-2-3-4-15-5-8-18(9-6-15)24-19-10-7-16(14-23-19)20-25-21(27-26-20)17-11-12-22-13-17/h5-10,14,17,22H,2-4,11-13H2,1H3,(H,23,24)/t17-/m1/s1. The van der Waals surface area contributed by atoms with E-state index in [1.54, 1.807) is 6.20 Å². The Morgan fingerprint density at radius 3 is 2.78 bits per heavy atom. The highest BCUT2D eigenvalue weighted by Crippen LogP contribution is 2.24. The summed E-state index contributed by atoms with van der Waals surface area (Å²) in [6.45, 7) is 4.12. The summed E-state index contributed by atoms with van der Waals surface area (Å²) in [5, 5.41) is 10.8. The van der Waals surface area contributed by atoms with Gasteiger partial charge in [-0.2, -0.15) is 4.98 Å². The molecule has 0 spiro atoms. The molecule has 140 valence electrons. The van der Waals surface area contributed by atoms with Gasteiger partial charge in [0.25, 0.3) is 0 Å². The van der Waals surface area contributed by atoms with Crippen molar-refractivity contribution >= 4 is 11.5 Å². The van der Waals surface area contributed by atoms with Gasteiger partial charge in [0, 0.05) is 24.0 Å². The van der Waals surface area contributed by atoms with Crippen LogP contribution < -0.4 is 10.6 Å². The first kappa shape index (κ1) is 17.7. The quantitative estimate of drug-likeness (QED) is 0.652. The van der Waals surface area contributed by atoms with E-state index in [0.717, 1.165) is 43.0 Å². The molecule has 4 rings (SSSR count). The molecule has 0 unspecified atom stereocenters. The van der Waals surface area contributed by atoms with Crippen molar-refractivity contribution in [1.82, 2.24) is 20.4 Å². The highest BCUT2D eigenvalue weighted by Gasteiger charge is 2.23. The highest BCUT2D eigenvalue weighted by molar-refractivity contribution is 5.60. The first-order chi connectivity index (χ1) is 13.3. The van der Waals surface area contributed by atoms with Gasteiger partial charge in [-0.1, -0.05) is 30.6 Å². The number of rotatable bonds is 7.